The molecule has 0 fully saturated rings. The molecule has 2 rings (SSSR count). The quantitative estimate of drug-likeness (QED) is 0.896. The zero-order valence-corrected chi connectivity index (χ0v) is 10.3. The highest BCUT2D eigenvalue weighted by Crippen LogP contribution is 2.19. The van der Waals surface area contributed by atoms with Crippen molar-refractivity contribution in [3.8, 4) is 0 Å². The van der Waals surface area contributed by atoms with Gasteiger partial charge in [-0.2, -0.15) is 0 Å². The molecule has 0 bridgehead atoms. The van der Waals surface area contributed by atoms with Crippen LogP contribution in [0.1, 0.15) is 20.8 Å². The number of aromatic carboxylic acids is 1. The van der Waals surface area contributed by atoms with Crippen molar-refractivity contribution in [1.82, 2.24) is 9.97 Å². The van der Waals surface area contributed by atoms with E-state index in [0.717, 1.165) is 0 Å². The Morgan fingerprint density at radius 1 is 1.21 bits per heavy atom. The van der Waals surface area contributed by atoms with Gasteiger partial charge in [-0.05, 0) is 18.2 Å². The summed E-state index contributed by atoms with van der Waals surface area (Å²) in [6.07, 6.45) is 4.13. The molecular weight excluding hydrogens is 270 g/mol. The molecule has 0 radical (unpaired) electrons. The number of halogens is 1. The molecule has 96 valence electrons. The number of anilines is 1. The van der Waals surface area contributed by atoms with Gasteiger partial charge in [0.05, 0.1) is 11.8 Å². The Labute approximate surface area is 113 Å². The van der Waals surface area contributed by atoms with Crippen LogP contribution in [-0.2, 0) is 0 Å². The number of carboxylic acids is 1. The van der Waals surface area contributed by atoms with Gasteiger partial charge in [0, 0.05) is 23.1 Å². The molecule has 0 aliphatic rings. The molecular formula is C12H8ClN3O3. The highest BCUT2D eigenvalue weighted by Gasteiger charge is 2.10. The molecule has 2 aromatic rings. The third kappa shape index (κ3) is 3.26. The Morgan fingerprint density at radius 2 is 2.00 bits per heavy atom. The van der Waals surface area contributed by atoms with Crippen LogP contribution in [0.2, 0.25) is 5.02 Å². The molecule has 1 aromatic heterocycles. The minimum absolute atomic E-state index is 0.0121. The van der Waals surface area contributed by atoms with Gasteiger partial charge >= 0.3 is 5.97 Å². The van der Waals surface area contributed by atoms with Crippen LogP contribution in [0, 0.1) is 0 Å². The first kappa shape index (κ1) is 13.0. The molecule has 0 aliphatic heterocycles. The predicted molar refractivity (Wildman–Crippen MR) is 68.4 cm³/mol. The molecule has 0 unspecified atom stereocenters. The summed E-state index contributed by atoms with van der Waals surface area (Å²) in [6, 6.07) is 4.05. The predicted octanol–water partition coefficient (Wildman–Crippen LogP) is 2.08. The van der Waals surface area contributed by atoms with Crippen LogP contribution in [0.3, 0.4) is 0 Å². The lowest BCUT2D eigenvalue weighted by molar-refractivity contribution is 0.0696. The zero-order valence-electron chi connectivity index (χ0n) is 9.50. The third-order valence-electron chi connectivity index (χ3n) is 2.20. The number of rotatable bonds is 3. The molecule has 0 aliphatic carbocycles. The molecule has 0 spiro atoms. The van der Waals surface area contributed by atoms with Crippen molar-refractivity contribution in [3.63, 3.8) is 0 Å². The van der Waals surface area contributed by atoms with E-state index in [1.165, 1.54) is 36.8 Å². The summed E-state index contributed by atoms with van der Waals surface area (Å²) in [6.45, 7) is 0. The van der Waals surface area contributed by atoms with E-state index in [-0.39, 0.29) is 22.0 Å². The van der Waals surface area contributed by atoms with Gasteiger partial charge in [-0.1, -0.05) is 11.6 Å². The Hall–Kier alpha value is -2.47. The van der Waals surface area contributed by atoms with Crippen molar-refractivity contribution in [2.45, 2.75) is 0 Å². The second-order valence-corrected chi connectivity index (χ2v) is 4.01. The fraction of sp³-hybridized carbons (Fsp3) is 0. The summed E-state index contributed by atoms with van der Waals surface area (Å²) in [4.78, 5) is 30.3. The van der Waals surface area contributed by atoms with Gasteiger partial charge in [-0.3, -0.25) is 9.78 Å². The summed E-state index contributed by atoms with van der Waals surface area (Å²) >= 11 is 5.78. The molecule has 1 aromatic carbocycles. The largest absolute Gasteiger partial charge is 0.478 e. The number of carbonyl (C=O) groups excluding carboxylic acids is 1. The molecule has 0 saturated carbocycles. The average molecular weight is 278 g/mol. The van der Waals surface area contributed by atoms with Gasteiger partial charge in [0.1, 0.15) is 5.69 Å². The Balaban J connectivity index is 2.24. The number of nitrogens with one attached hydrogen (secondary N) is 1. The number of nitrogens with zero attached hydrogens (tertiary/aromatic N) is 2. The maximum absolute atomic E-state index is 11.8. The van der Waals surface area contributed by atoms with Gasteiger partial charge in [-0.25, -0.2) is 9.78 Å². The number of hydrogen-bond donors (Lipinski definition) is 2. The number of hydrogen-bond acceptors (Lipinski definition) is 4. The Bertz CT molecular complexity index is 631. The zero-order chi connectivity index (χ0) is 13.8. The normalized spacial score (nSPS) is 9.95. The van der Waals surface area contributed by atoms with Crippen molar-refractivity contribution in [3.05, 3.63) is 53.1 Å². The number of amides is 1. The van der Waals surface area contributed by atoms with Crippen molar-refractivity contribution in [1.29, 1.82) is 0 Å². The monoisotopic (exact) mass is 277 g/mol. The first-order valence-corrected chi connectivity index (χ1v) is 5.55. The second-order valence-electron chi connectivity index (χ2n) is 3.58. The van der Waals surface area contributed by atoms with Gasteiger partial charge < -0.3 is 10.4 Å². The highest BCUT2D eigenvalue weighted by molar-refractivity contribution is 6.31. The minimum Gasteiger partial charge on any atom is -0.478 e. The van der Waals surface area contributed by atoms with Crippen molar-refractivity contribution in [2.75, 3.05) is 5.32 Å². The van der Waals surface area contributed by atoms with Crippen LogP contribution in [0.25, 0.3) is 0 Å². The van der Waals surface area contributed by atoms with E-state index >= 15 is 0 Å². The summed E-state index contributed by atoms with van der Waals surface area (Å²) < 4.78 is 0. The molecule has 1 amide bonds. The second kappa shape index (κ2) is 5.45. The maximum atomic E-state index is 11.8. The SMILES string of the molecule is O=C(O)c1cc(Cl)cc(NC(=O)c2cnccn2)c1. The first-order valence-electron chi connectivity index (χ1n) is 5.17. The van der Waals surface area contributed by atoms with E-state index in [1.54, 1.807) is 0 Å². The highest BCUT2D eigenvalue weighted by atomic mass is 35.5. The van der Waals surface area contributed by atoms with Crippen LogP contribution in [0.5, 0.6) is 0 Å². The van der Waals surface area contributed by atoms with Crippen molar-refractivity contribution in [2.24, 2.45) is 0 Å². The smallest absolute Gasteiger partial charge is 0.335 e. The van der Waals surface area contributed by atoms with E-state index in [2.05, 4.69) is 15.3 Å². The van der Waals surface area contributed by atoms with E-state index < -0.39 is 11.9 Å². The molecule has 19 heavy (non-hydrogen) atoms. The van der Waals surface area contributed by atoms with Crippen LogP contribution < -0.4 is 5.32 Å². The number of aromatic nitrogens is 2. The van der Waals surface area contributed by atoms with E-state index in [9.17, 15) is 9.59 Å². The lowest BCUT2D eigenvalue weighted by Crippen LogP contribution is -2.14. The molecule has 7 heteroatoms. The number of benzene rings is 1. The van der Waals surface area contributed by atoms with Crippen LogP contribution in [0.4, 0.5) is 5.69 Å². The minimum atomic E-state index is -1.13. The average Bonchev–Trinajstić information content (AvgIpc) is 2.39. The standard InChI is InChI=1S/C12H8ClN3O3/c13-8-3-7(12(18)19)4-9(5-8)16-11(17)10-6-14-1-2-15-10/h1-6H,(H,16,17)(H,18,19). The summed E-state index contributed by atoms with van der Waals surface area (Å²) in [5, 5.41) is 11.6. The fourth-order valence-corrected chi connectivity index (χ4v) is 1.63. The van der Waals surface area contributed by atoms with Crippen LogP contribution in [-0.4, -0.2) is 27.0 Å². The molecule has 6 nitrogen and oxygen atoms in total. The van der Waals surface area contributed by atoms with Gasteiger partial charge in [0.25, 0.3) is 5.91 Å². The number of carbonyl (C=O) groups is 2. The van der Waals surface area contributed by atoms with Crippen LogP contribution in [0.15, 0.2) is 36.8 Å². The molecule has 0 saturated heterocycles. The first-order chi connectivity index (χ1) is 9.06. The summed E-state index contributed by atoms with van der Waals surface area (Å²) in [7, 11) is 0. The van der Waals surface area contributed by atoms with Gasteiger partial charge in [-0.15, -0.1) is 0 Å². The van der Waals surface area contributed by atoms with E-state index in [0.29, 0.717) is 0 Å². The third-order valence-corrected chi connectivity index (χ3v) is 2.42. The maximum Gasteiger partial charge on any atom is 0.335 e. The Morgan fingerprint density at radius 3 is 2.63 bits per heavy atom. The lowest BCUT2D eigenvalue weighted by Gasteiger charge is -2.06. The van der Waals surface area contributed by atoms with E-state index in [1.807, 2.05) is 0 Å². The molecule has 1 heterocycles. The summed E-state index contributed by atoms with van der Waals surface area (Å²) in [5.41, 5.74) is 0.391. The molecule has 2 N–H and O–H groups in total. The van der Waals surface area contributed by atoms with Crippen molar-refractivity contribution < 1.29 is 14.7 Å². The fourth-order valence-electron chi connectivity index (χ4n) is 1.40. The van der Waals surface area contributed by atoms with Crippen LogP contribution >= 0.6 is 11.6 Å². The lowest BCUT2D eigenvalue weighted by atomic mass is 10.2. The summed E-state index contributed by atoms with van der Waals surface area (Å²) in [5.74, 6) is -1.62. The topological polar surface area (TPSA) is 92.2 Å². The molecule has 0 atom stereocenters. The van der Waals surface area contributed by atoms with Gasteiger partial charge in [0.15, 0.2) is 0 Å². The Kier molecular flexibility index (Phi) is 3.72. The van der Waals surface area contributed by atoms with E-state index in [4.69, 9.17) is 16.7 Å². The van der Waals surface area contributed by atoms with Crippen molar-refractivity contribution >= 4 is 29.2 Å². The number of carboxylic acid groups (broad SMARTS) is 1. The van der Waals surface area contributed by atoms with Gasteiger partial charge in [0.2, 0.25) is 0 Å².